The lowest BCUT2D eigenvalue weighted by molar-refractivity contribution is -0.142. The van der Waals surface area contributed by atoms with Crippen molar-refractivity contribution >= 4 is 27.8 Å². The quantitative estimate of drug-likeness (QED) is 0.552. The zero-order valence-corrected chi connectivity index (χ0v) is 16.4. The van der Waals surface area contributed by atoms with E-state index in [1.165, 1.54) is 36.3 Å². The fourth-order valence-electron chi connectivity index (χ4n) is 4.71. The molecule has 1 aromatic rings. The van der Waals surface area contributed by atoms with Crippen molar-refractivity contribution in [2.75, 3.05) is 7.11 Å². The number of amides is 2. The molecule has 4 rings (SSSR count). The van der Waals surface area contributed by atoms with Crippen molar-refractivity contribution in [1.82, 2.24) is 9.21 Å². The number of esters is 1. The first-order chi connectivity index (χ1) is 13.3. The van der Waals surface area contributed by atoms with Gasteiger partial charge in [0.05, 0.1) is 17.6 Å². The van der Waals surface area contributed by atoms with Crippen LogP contribution in [-0.4, -0.2) is 60.6 Å². The van der Waals surface area contributed by atoms with Crippen LogP contribution in [0.4, 0.5) is 0 Å². The summed E-state index contributed by atoms with van der Waals surface area (Å²) in [6.45, 7) is 0. The topological polar surface area (TPSA) is 101 Å². The van der Waals surface area contributed by atoms with Gasteiger partial charge in [-0.2, -0.15) is 4.31 Å². The SMILES string of the molecule is COC(=O)c1ccc(S(=O)(=O)N2[C@H]3CC[C@H]2CC(N2C(=O)CCC2=O)C3)cc1. The van der Waals surface area contributed by atoms with Crippen LogP contribution in [0.1, 0.15) is 48.9 Å². The Morgan fingerprint density at radius 3 is 2.00 bits per heavy atom. The van der Waals surface area contributed by atoms with E-state index in [-0.39, 0.29) is 53.2 Å². The first kappa shape index (κ1) is 19.1. The molecule has 9 heteroatoms. The maximum Gasteiger partial charge on any atom is 0.337 e. The second-order valence-corrected chi connectivity index (χ2v) is 9.36. The molecule has 0 saturated carbocycles. The van der Waals surface area contributed by atoms with E-state index in [9.17, 15) is 22.8 Å². The summed E-state index contributed by atoms with van der Waals surface area (Å²) < 4.78 is 32.6. The van der Waals surface area contributed by atoms with E-state index in [2.05, 4.69) is 4.74 Å². The molecule has 1 aromatic carbocycles. The van der Waals surface area contributed by atoms with Gasteiger partial charge in [-0.3, -0.25) is 14.5 Å². The smallest absolute Gasteiger partial charge is 0.337 e. The monoisotopic (exact) mass is 406 g/mol. The van der Waals surface area contributed by atoms with Gasteiger partial charge in [-0.15, -0.1) is 0 Å². The van der Waals surface area contributed by atoms with Crippen LogP contribution in [0.3, 0.4) is 0 Å². The average Bonchev–Trinajstić information content (AvgIpc) is 3.17. The van der Waals surface area contributed by atoms with Gasteiger partial charge in [-0.25, -0.2) is 13.2 Å². The van der Waals surface area contributed by atoms with Crippen molar-refractivity contribution in [2.24, 2.45) is 0 Å². The predicted octanol–water partition coefficient (Wildman–Crippen LogP) is 1.31. The summed E-state index contributed by atoms with van der Waals surface area (Å²) in [5.41, 5.74) is 0.286. The van der Waals surface area contributed by atoms with Crippen LogP contribution in [0.15, 0.2) is 29.2 Å². The Kier molecular flexibility index (Phi) is 4.75. The van der Waals surface area contributed by atoms with Gasteiger partial charge in [0.25, 0.3) is 0 Å². The maximum atomic E-state index is 13.2. The lowest BCUT2D eigenvalue weighted by atomic mass is 9.98. The molecule has 28 heavy (non-hydrogen) atoms. The third kappa shape index (κ3) is 3.02. The van der Waals surface area contributed by atoms with Crippen LogP contribution in [0.25, 0.3) is 0 Å². The number of carbonyl (C=O) groups is 3. The van der Waals surface area contributed by atoms with Crippen molar-refractivity contribution < 1.29 is 27.5 Å². The normalized spacial score (nSPS) is 28.0. The molecule has 3 saturated heterocycles. The molecule has 0 aliphatic carbocycles. The van der Waals surface area contributed by atoms with E-state index in [4.69, 9.17) is 0 Å². The fraction of sp³-hybridized carbons (Fsp3) is 0.526. The number of benzene rings is 1. The van der Waals surface area contributed by atoms with Crippen molar-refractivity contribution in [3.8, 4) is 0 Å². The van der Waals surface area contributed by atoms with Crippen molar-refractivity contribution in [3.05, 3.63) is 29.8 Å². The van der Waals surface area contributed by atoms with Gasteiger partial charge in [0, 0.05) is 31.0 Å². The largest absolute Gasteiger partial charge is 0.465 e. The van der Waals surface area contributed by atoms with Crippen molar-refractivity contribution in [3.63, 3.8) is 0 Å². The van der Waals surface area contributed by atoms with Gasteiger partial charge in [0.15, 0.2) is 0 Å². The lowest BCUT2D eigenvalue weighted by Gasteiger charge is -2.40. The van der Waals surface area contributed by atoms with E-state index in [1.54, 1.807) is 4.31 Å². The molecule has 8 nitrogen and oxygen atoms in total. The Hall–Kier alpha value is -2.26. The summed E-state index contributed by atoms with van der Waals surface area (Å²) in [7, 11) is -2.46. The predicted molar refractivity (Wildman–Crippen MR) is 97.7 cm³/mol. The summed E-state index contributed by atoms with van der Waals surface area (Å²) in [6, 6.07) is 5.05. The van der Waals surface area contributed by atoms with Crippen LogP contribution in [0.5, 0.6) is 0 Å². The van der Waals surface area contributed by atoms with Crippen LogP contribution in [0.2, 0.25) is 0 Å². The second-order valence-electron chi connectivity index (χ2n) is 7.52. The lowest BCUT2D eigenvalue weighted by Crippen LogP contribution is -2.53. The molecular formula is C19H22N2O6S. The highest BCUT2D eigenvalue weighted by Gasteiger charge is 2.50. The third-order valence-corrected chi connectivity index (χ3v) is 7.97. The molecule has 2 bridgehead atoms. The Bertz CT molecular complexity index is 896. The zero-order valence-electron chi connectivity index (χ0n) is 15.5. The van der Waals surface area contributed by atoms with Gasteiger partial charge < -0.3 is 4.74 Å². The number of hydrogen-bond acceptors (Lipinski definition) is 6. The summed E-state index contributed by atoms with van der Waals surface area (Å²) in [6.07, 6.45) is 2.90. The number of piperidine rings is 1. The molecule has 3 aliphatic rings. The number of likely N-dealkylation sites (tertiary alicyclic amines) is 1. The van der Waals surface area contributed by atoms with Gasteiger partial charge in [-0.1, -0.05) is 0 Å². The highest BCUT2D eigenvalue weighted by atomic mass is 32.2. The van der Waals surface area contributed by atoms with Crippen LogP contribution < -0.4 is 0 Å². The average molecular weight is 406 g/mol. The molecule has 0 N–H and O–H groups in total. The molecule has 0 spiro atoms. The summed E-state index contributed by atoms with van der Waals surface area (Å²) in [4.78, 5) is 37.2. The van der Waals surface area contributed by atoms with Gasteiger partial charge >= 0.3 is 5.97 Å². The minimum atomic E-state index is -3.73. The molecule has 3 aliphatic heterocycles. The Labute approximate surface area is 163 Å². The standard InChI is InChI=1S/C19H22N2O6S/c1-27-19(24)12-2-6-16(7-3-12)28(25,26)21-13-4-5-14(21)11-15(10-13)20-17(22)8-9-18(20)23/h2-3,6-7,13-15H,4-5,8-11H2,1H3/t13-,14-/m0/s1. The second kappa shape index (κ2) is 6.97. The highest BCUT2D eigenvalue weighted by Crippen LogP contribution is 2.42. The molecule has 150 valence electrons. The molecule has 3 heterocycles. The molecular weight excluding hydrogens is 384 g/mol. The van der Waals surface area contributed by atoms with Crippen molar-refractivity contribution in [2.45, 2.75) is 61.5 Å². The van der Waals surface area contributed by atoms with E-state index < -0.39 is 16.0 Å². The Morgan fingerprint density at radius 2 is 1.50 bits per heavy atom. The number of imide groups is 1. The molecule has 2 atom stereocenters. The van der Waals surface area contributed by atoms with E-state index >= 15 is 0 Å². The van der Waals surface area contributed by atoms with Gasteiger partial charge in [0.1, 0.15) is 0 Å². The number of methoxy groups -OCH3 is 1. The van der Waals surface area contributed by atoms with Crippen molar-refractivity contribution in [1.29, 1.82) is 0 Å². The van der Waals surface area contributed by atoms with Crippen LogP contribution in [0, 0.1) is 0 Å². The molecule has 0 aromatic heterocycles. The minimum Gasteiger partial charge on any atom is -0.465 e. The number of fused-ring (bicyclic) bond motifs is 2. The molecule has 0 unspecified atom stereocenters. The number of carbonyl (C=O) groups excluding carboxylic acids is 3. The number of sulfonamides is 1. The minimum absolute atomic E-state index is 0.129. The van der Waals surface area contributed by atoms with Gasteiger partial charge in [-0.05, 0) is 49.9 Å². The summed E-state index contributed by atoms with van der Waals surface area (Å²) in [5, 5.41) is 0. The fourth-order valence-corrected chi connectivity index (χ4v) is 6.60. The Balaban J connectivity index is 1.56. The Morgan fingerprint density at radius 1 is 0.964 bits per heavy atom. The molecule has 3 fully saturated rings. The van der Waals surface area contributed by atoms with Gasteiger partial charge in [0.2, 0.25) is 21.8 Å². The van der Waals surface area contributed by atoms with E-state index in [0.717, 1.165) is 12.8 Å². The first-order valence-corrected chi connectivity index (χ1v) is 10.8. The highest BCUT2D eigenvalue weighted by molar-refractivity contribution is 7.89. The number of ether oxygens (including phenoxy) is 1. The molecule has 0 radical (unpaired) electrons. The number of nitrogens with zero attached hydrogens (tertiary/aromatic N) is 2. The van der Waals surface area contributed by atoms with Crippen LogP contribution in [-0.2, 0) is 24.3 Å². The summed E-state index contributed by atoms with van der Waals surface area (Å²) >= 11 is 0. The van der Waals surface area contributed by atoms with E-state index in [0.29, 0.717) is 12.8 Å². The summed E-state index contributed by atoms with van der Waals surface area (Å²) in [5.74, 6) is -0.821. The number of rotatable bonds is 4. The third-order valence-electron chi connectivity index (χ3n) is 5.95. The van der Waals surface area contributed by atoms with E-state index in [1.807, 2.05) is 0 Å². The van der Waals surface area contributed by atoms with Crippen LogP contribution >= 0.6 is 0 Å². The number of hydrogen-bond donors (Lipinski definition) is 0. The maximum absolute atomic E-state index is 13.2. The first-order valence-electron chi connectivity index (χ1n) is 9.39. The molecule has 2 amide bonds. The zero-order chi connectivity index (χ0) is 20.1.